The van der Waals surface area contributed by atoms with Gasteiger partial charge in [-0.2, -0.15) is 0 Å². The summed E-state index contributed by atoms with van der Waals surface area (Å²) in [6.07, 6.45) is 4.99. The summed E-state index contributed by atoms with van der Waals surface area (Å²) in [6.45, 7) is 2.16. The van der Waals surface area contributed by atoms with Crippen LogP contribution < -0.4 is 11.1 Å². The van der Waals surface area contributed by atoms with E-state index in [1.54, 1.807) is 0 Å². The Bertz CT molecular complexity index is 889. The third-order valence-corrected chi connectivity index (χ3v) is 6.05. The van der Waals surface area contributed by atoms with E-state index in [1.165, 1.54) is 35.6 Å². The van der Waals surface area contributed by atoms with Crippen molar-refractivity contribution in [3.05, 3.63) is 55.9 Å². The van der Waals surface area contributed by atoms with Crippen molar-refractivity contribution in [3.63, 3.8) is 0 Å². The fraction of sp³-hybridized carbons (Fsp3) is 0.368. The number of non-ortho nitro benzene ring substituents is 1. The maximum absolute atomic E-state index is 12.5. The van der Waals surface area contributed by atoms with Gasteiger partial charge in [0.25, 0.3) is 17.5 Å². The predicted molar refractivity (Wildman–Crippen MR) is 104 cm³/mol. The SMILES string of the molecule is CCC[C@@H]1CCc2c(sc(NC(=O)c3ccc([N+](=O)[O-])cc3)c2C(N)=O)C1. The van der Waals surface area contributed by atoms with Gasteiger partial charge in [-0.1, -0.05) is 19.8 Å². The molecule has 3 N–H and O–H groups in total. The molecule has 3 rings (SSSR count). The van der Waals surface area contributed by atoms with E-state index < -0.39 is 16.7 Å². The van der Waals surface area contributed by atoms with E-state index in [9.17, 15) is 19.7 Å². The lowest BCUT2D eigenvalue weighted by molar-refractivity contribution is -0.384. The topological polar surface area (TPSA) is 115 Å². The number of nitrogens with zero attached hydrogens (tertiary/aromatic N) is 1. The van der Waals surface area contributed by atoms with Crippen molar-refractivity contribution >= 4 is 33.8 Å². The first-order valence-electron chi connectivity index (χ1n) is 8.90. The lowest BCUT2D eigenvalue weighted by Crippen LogP contribution is -2.20. The molecule has 1 heterocycles. The van der Waals surface area contributed by atoms with E-state index in [0.29, 0.717) is 16.5 Å². The molecule has 142 valence electrons. The molecule has 2 aromatic rings. The van der Waals surface area contributed by atoms with Crippen LogP contribution in [0.4, 0.5) is 10.7 Å². The highest BCUT2D eigenvalue weighted by atomic mass is 32.1. The molecule has 0 saturated carbocycles. The van der Waals surface area contributed by atoms with Crippen molar-refractivity contribution in [2.24, 2.45) is 11.7 Å². The molecule has 1 aliphatic carbocycles. The summed E-state index contributed by atoms with van der Waals surface area (Å²) in [4.78, 5) is 35.9. The molecule has 8 heteroatoms. The molecule has 0 bridgehead atoms. The van der Waals surface area contributed by atoms with Gasteiger partial charge in [0.1, 0.15) is 5.00 Å². The Labute approximate surface area is 160 Å². The van der Waals surface area contributed by atoms with Gasteiger partial charge in [-0.25, -0.2) is 0 Å². The number of thiophene rings is 1. The van der Waals surface area contributed by atoms with E-state index in [0.717, 1.165) is 42.5 Å². The number of anilines is 1. The Morgan fingerprint density at radius 1 is 1.33 bits per heavy atom. The van der Waals surface area contributed by atoms with Crippen molar-refractivity contribution < 1.29 is 14.5 Å². The number of rotatable bonds is 6. The van der Waals surface area contributed by atoms with Crippen molar-refractivity contribution in [2.45, 2.75) is 39.0 Å². The van der Waals surface area contributed by atoms with Crippen LogP contribution in [0.15, 0.2) is 24.3 Å². The smallest absolute Gasteiger partial charge is 0.269 e. The number of carbonyl (C=O) groups excluding carboxylic acids is 2. The molecular formula is C19H21N3O4S. The molecule has 0 aliphatic heterocycles. The Hall–Kier alpha value is -2.74. The van der Waals surface area contributed by atoms with Gasteiger partial charge >= 0.3 is 0 Å². The Morgan fingerprint density at radius 3 is 2.63 bits per heavy atom. The summed E-state index contributed by atoms with van der Waals surface area (Å²) in [6, 6.07) is 5.34. The number of nitrogens with one attached hydrogen (secondary N) is 1. The van der Waals surface area contributed by atoms with Gasteiger partial charge in [-0.3, -0.25) is 19.7 Å². The summed E-state index contributed by atoms with van der Waals surface area (Å²) in [5, 5.41) is 14.0. The van der Waals surface area contributed by atoms with Crippen LogP contribution in [0.25, 0.3) is 0 Å². The van der Waals surface area contributed by atoms with Crippen molar-refractivity contribution in [3.8, 4) is 0 Å². The number of primary amides is 1. The number of amides is 2. The normalized spacial score (nSPS) is 15.8. The average Bonchev–Trinajstić information content (AvgIpc) is 2.99. The highest BCUT2D eigenvalue weighted by Gasteiger charge is 2.28. The first kappa shape index (κ1) is 19.0. The average molecular weight is 387 g/mol. The molecule has 2 amide bonds. The maximum Gasteiger partial charge on any atom is 0.269 e. The number of nitro benzene ring substituents is 1. The van der Waals surface area contributed by atoms with E-state index in [1.807, 2.05) is 0 Å². The third kappa shape index (κ3) is 4.00. The van der Waals surface area contributed by atoms with Crippen LogP contribution in [0.5, 0.6) is 0 Å². The van der Waals surface area contributed by atoms with Crippen molar-refractivity contribution in [2.75, 3.05) is 5.32 Å². The van der Waals surface area contributed by atoms with Gasteiger partial charge in [0.2, 0.25) is 0 Å². The fourth-order valence-corrected chi connectivity index (χ4v) is 4.93. The highest BCUT2D eigenvalue weighted by Crippen LogP contribution is 2.40. The van der Waals surface area contributed by atoms with Crippen LogP contribution in [-0.2, 0) is 12.8 Å². The number of hydrogen-bond acceptors (Lipinski definition) is 5. The number of fused-ring (bicyclic) bond motifs is 1. The van der Waals surface area contributed by atoms with Gasteiger partial charge in [0.05, 0.1) is 10.5 Å². The van der Waals surface area contributed by atoms with E-state index in [4.69, 9.17) is 5.73 Å². The van der Waals surface area contributed by atoms with Gasteiger partial charge in [0, 0.05) is 22.6 Å². The maximum atomic E-state index is 12.5. The summed E-state index contributed by atoms with van der Waals surface area (Å²) >= 11 is 1.41. The van der Waals surface area contributed by atoms with E-state index >= 15 is 0 Å². The molecule has 0 unspecified atom stereocenters. The Balaban J connectivity index is 1.85. The standard InChI is InChI=1S/C19H21N3O4S/c1-2-3-11-4-9-14-15(10-11)27-19(16(14)17(20)23)21-18(24)12-5-7-13(8-6-12)22(25)26/h5-8,11H,2-4,9-10H2,1H3,(H2,20,23)(H,21,24)/t11-/m1/s1. The number of benzene rings is 1. The van der Waals surface area contributed by atoms with Gasteiger partial charge in [-0.15, -0.1) is 11.3 Å². The monoisotopic (exact) mass is 387 g/mol. The minimum Gasteiger partial charge on any atom is -0.365 e. The van der Waals surface area contributed by atoms with E-state index in [-0.39, 0.29) is 11.3 Å². The molecule has 0 saturated heterocycles. The fourth-order valence-electron chi connectivity index (χ4n) is 3.57. The van der Waals surface area contributed by atoms with Gasteiger partial charge in [-0.05, 0) is 42.9 Å². The minimum atomic E-state index is -0.541. The van der Waals surface area contributed by atoms with Crippen LogP contribution in [0.3, 0.4) is 0 Å². The van der Waals surface area contributed by atoms with Crippen LogP contribution in [-0.4, -0.2) is 16.7 Å². The molecule has 1 aromatic carbocycles. The van der Waals surface area contributed by atoms with Gasteiger partial charge in [0.15, 0.2) is 0 Å². The third-order valence-electron chi connectivity index (χ3n) is 4.88. The van der Waals surface area contributed by atoms with Crippen LogP contribution in [0, 0.1) is 16.0 Å². The quantitative estimate of drug-likeness (QED) is 0.577. The molecule has 0 radical (unpaired) electrons. The molecule has 1 aliphatic rings. The number of nitro groups is 1. The zero-order chi connectivity index (χ0) is 19.6. The Kier molecular flexibility index (Phi) is 5.55. The molecular weight excluding hydrogens is 366 g/mol. The number of hydrogen-bond donors (Lipinski definition) is 2. The lowest BCUT2D eigenvalue weighted by Gasteiger charge is -2.21. The molecule has 0 spiro atoms. The molecule has 27 heavy (non-hydrogen) atoms. The predicted octanol–water partition coefficient (Wildman–Crippen LogP) is 3.91. The molecule has 0 fully saturated rings. The summed E-state index contributed by atoms with van der Waals surface area (Å²) in [7, 11) is 0. The zero-order valence-electron chi connectivity index (χ0n) is 15.0. The van der Waals surface area contributed by atoms with Gasteiger partial charge < -0.3 is 11.1 Å². The summed E-state index contributed by atoms with van der Waals surface area (Å²) < 4.78 is 0. The molecule has 1 aromatic heterocycles. The van der Waals surface area contributed by atoms with Crippen molar-refractivity contribution in [1.29, 1.82) is 0 Å². The minimum absolute atomic E-state index is 0.0853. The second-order valence-corrected chi connectivity index (χ2v) is 7.83. The second kappa shape index (κ2) is 7.87. The largest absolute Gasteiger partial charge is 0.365 e. The highest BCUT2D eigenvalue weighted by molar-refractivity contribution is 7.17. The van der Waals surface area contributed by atoms with Crippen LogP contribution in [0.2, 0.25) is 0 Å². The first-order chi connectivity index (χ1) is 12.9. The second-order valence-electron chi connectivity index (χ2n) is 6.73. The summed E-state index contributed by atoms with van der Waals surface area (Å²) in [5.74, 6) is -0.364. The van der Waals surface area contributed by atoms with Crippen LogP contribution in [0.1, 0.15) is 57.3 Å². The van der Waals surface area contributed by atoms with Crippen LogP contribution >= 0.6 is 11.3 Å². The van der Waals surface area contributed by atoms with E-state index in [2.05, 4.69) is 12.2 Å². The number of nitrogens with two attached hydrogens (primary N) is 1. The lowest BCUT2D eigenvalue weighted by atomic mass is 9.84. The zero-order valence-corrected chi connectivity index (χ0v) is 15.8. The Morgan fingerprint density at radius 2 is 2.04 bits per heavy atom. The van der Waals surface area contributed by atoms with Crippen molar-refractivity contribution in [1.82, 2.24) is 0 Å². The molecule has 1 atom stereocenters. The summed E-state index contributed by atoms with van der Waals surface area (Å²) in [5.41, 5.74) is 7.14. The molecule has 7 nitrogen and oxygen atoms in total. The first-order valence-corrected chi connectivity index (χ1v) is 9.72. The number of carbonyl (C=O) groups is 2.